The second kappa shape index (κ2) is 8.55. The number of nitrogens with one attached hydrogen (secondary N) is 3. The highest BCUT2D eigenvalue weighted by Gasteiger charge is 2.24. The molecule has 0 fully saturated rings. The molecule has 2 aromatic carbocycles. The largest absolute Gasteiger partial charge is 0.326 e. The summed E-state index contributed by atoms with van der Waals surface area (Å²) in [6, 6.07) is 14.9. The highest BCUT2D eigenvalue weighted by atomic mass is 16.2. The molecule has 2 rings (SSSR count). The van der Waals surface area contributed by atoms with Crippen molar-refractivity contribution in [3.05, 3.63) is 60.2 Å². The Bertz CT molecular complexity index is 779. The van der Waals surface area contributed by atoms with Gasteiger partial charge in [-0.1, -0.05) is 44.0 Å². The number of carbonyl (C=O) groups is 2. The van der Waals surface area contributed by atoms with Gasteiger partial charge in [-0.3, -0.25) is 4.79 Å². The minimum Gasteiger partial charge on any atom is -0.326 e. The van der Waals surface area contributed by atoms with Crippen LogP contribution in [0.4, 0.5) is 16.2 Å². The first-order chi connectivity index (χ1) is 12.0. The van der Waals surface area contributed by atoms with Crippen LogP contribution in [0.2, 0.25) is 0 Å². The average molecular weight is 335 g/mol. The monoisotopic (exact) mass is 335 g/mol. The lowest BCUT2D eigenvalue weighted by Crippen LogP contribution is -2.48. The maximum Gasteiger partial charge on any atom is 0.319 e. The Balaban J connectivity index is 2.02. The van der Waals surface area contributed by atoms with Crippen molar-refractivity contribution in [1.29, 1.82) is 0 Å². The van der Waals surface area contributed by atoms with Gasteiger partial charge in [-0.05, 0) is 36.2 Å². The Morgan fingerprint density at radius 1 is 0.960 bits per heavy atom. The van der Waals surface area contributed by atoms with E-state index in [1.807, 2.05) is 32.0 Å². The van der Waals surface area contributed by atoms with E-state index in [0.717, 1.165) is 0 Å². The summed E-state index contributed by atoms with van der Waals surface area (Å²) in [5, 5.41) is 8.21. The molecular formula is C20H21N3O2. The Hall–Kier alpha value is -3.26. The maximum atomic E-state index is 12.5. The van der Waals surface area contributed by atoms with Crippen molar-refractivity contribution in [2.45, 2.75) is 19.9 Å². The van der Waals surface area contributed by atoms with Gasteiger partial charge in [0.1, 0.15) is 6.04 Å². The van der Waals surface area contributed by atoms with E-state index in [-0.39, 0.29) is 11.8 Å². The van der Waals surface area contributed by atoms with Crippen LogP contribution in [0.5, 0.6) is 0 Å². The molecule has 3 N–H and O–H groups in total. The van der Waals surface area contributed by atoms with Crippen LogP contribution in [0.25, 0.3) is 0 Å². The fraction of sp³-hybridized carbons (Fsp3) is 0.200. The van der Waals surface area contributed by atoms with Crippen LogP contribution in [-0.2, 0) is 4.79 Å². The van der Waals surface area contributed by atoms with E-state index < -0.39 is 12.1 Å². The summed E-state index contributed by atoms with van der Waals surface area (Å²) >= 11 is 0. The molecule has 0 spiro atoms. The SMILES string of the molecule is C#Cc1cccc(NC(=O)C(NC(=O)Nc2ccccc2)C(C)C)c1. The van der Waals surface area contributed by atoms with E-state index in [1.54, 1.807) is 36.4 Å². The van der Waals surface area contributed by atoms with Crippen molar-refractivity contribution >= 4 is 23.3 Å². The Morgan fingerprint density at radius 2 is 1.64 bits per heavy atom. The first-order valence-electron chi connectivity index (χ1n) is 7.99. The van der Waals surface area contributed by atoms with E-state index in [1.165, 1.54) is 0 Å². The molecule has 0 saturated heterocycles. The zero-order chi connectivity index (χ0) is 18.2. The summed E-state index contributed by atoms with van der Waals surface area (Å²) in [6.45, 7) is 3.73. The van der Waals surface area contributed by atoms with E-state index in [2.05, 4.69) is 21.9 Å². The summed E-state index contributed by atoms with van der Waals surface area (Å²) < 4.78 is 0. The lowest BCUT2D eigenvalue weighted by molar-refractivity contribution is -0.118. The molecular weight excluding hydrogens is 314 g/mol. The number of benzene rings is 2. The fourth-order valence-corrected chi connectivity index (χ4v) is 2.27. The average Bonchev–Trinajstić information content (AvgIpc) is 2.60. The molecule has 0 aromatic heterocycles. The Labute approximate surface area is 147 Å². The molecule has 1 unspecified atom stereocenters. The van der Waals surface area contributed by atoms with E-state index in [0.29, 0.717) is 16.9 Å². The number of terminal acetylenes is 1. The second-order valence-electron chi connectivity index (χ2n) is 5.90. The van der Waals surface area contributed by atoms with Crippen LogP contribution < -0.4 is 16.0 Å². The van der Waals surface area contributed by atoms with Crippen LogP contribution in [0, 0.1) is 18.3 Å². The van der Waals surface area contributed by atoms with Gasteiger partial charge in [0.05, 0.1) is 0 Å². The van der Waals surface area contributed by atoms with Crippen molar-refractivity contribution in [3.63, 3.8) is 0 Å². The van der Waals surface area contributed by atoms with Crippen LogP contribution in [-0.4, -0.2) is 18.0 Å². The summed E-state index contributed by atoms with van der Waals surface area (Å²) in [4.78, 5) is 24.7. The van der Waals surface area contributed by atoms with E-state index >= 15 is 0 Å². The molecule has 1 atom stereocenters. The third-order valence-electron chi connectivity index (χ3n) is 3.56. The molecule has 2 aromatic rings. The van der Waals surface area contributed by atoms with Gasteiger partial charge < -0.3 is 16.0 Å². The topological polar surface area (TPSA) is 70.2 Å². The summed E-state index contributed by atoms with van der Waals surface area (Å²) in [5.74, 6) is 2.14. The third-order valence-corrected chi connectivity index (χ3v) is 3.56. The maximum absolute atomic E-state index is 12.5. The second-order valence-corrected chi connectivity index (χ2v) is 5.90. The smallest absolute Gasteiger partial charge is 0.319 e. The lowest BCUT2D eigenvalue weighted by atomic mass is 10.0. The van der Waals surface area contributed by atoms with Gasteiger partial charge in [-0.2, -0.15) is 0 Å². The van der Waals surface area contributed by atoms with Gasteiger partial charge >= 0.3 is 6.03 Å². The molecule has 0 aliphatic carbocycles. The number of rotatable bonds is 5. The van der Waals surface area contributed by atoms with Gasteiger partial charge in [0.2, 0.25) is 5.91 Å². The molecule has 5 heteroatoms. The van der Waals surface area contributed by atoms with Crippen molar-refractivity contribution in [1.82, 2.24) is 5.32 Å². The highest BCUT2D eigenvalue weighted by molar-refractivity contribution is 5.99. The van der Waals surface area contributed by atoms with Gasteiger partial charge in [-0.15, -0.1) is 6.42 Å². The van der Waals surface area contributed by atoms with Gasteiger partial charge in [-0.25, -0.2) is 4.79 Å². The Kier molecular flexibility index (Phi) is 6.19. The minimum absolute atomic E-state index is 0.0858. The van der Waals surface area contributed by atoms with Gasteiger partial charge in [0, 0.05) is 16.9 Å². The normalized spacial score (nSPS) is 11.3. The number of amides is 3. The predicted octanol–water partition coefficient (Wildman–Crippen LogP) is 3.45. The first kappa shape index (κ1) is 18.1. The minimum atomic E-state index is -0.682. The molecule has 5 nitrogen and oxygen atoms in total. The third kappa shape index (κ3) is 5.40. The van der Waals surface area contributed by atoms with Crippen LogP contribution >= 0.6 is 0 Å². The van der Waals surface area contributed by atoms with Crippen molar-refractivity contribution in [2.75, 3.05) is 10.6 Å². The number of para-hydroxylation sites is 1. The molecule has 25 heavy (non-hydrogen) atoms. The summed E-state index contributed by atoms with van der Waals surface area (Å²) in [7, 11) is 0. The van der Waals surface area contributed by atoms with Crippen molar-refractivity contribution < 1.29 is 9.59 Å². The molecule has 0 saturated carbocycles. The molecule has 0 heterocycles. The molecule has 0 bridgehead atoms. The first-order valence-corrected chi connectivity index (χ1v) is 7.99. The molecule has 0 aliphatic heterocycles. The number of hydrogen-bond acceptors (Lipinski definition) is 2. The summed E-state index contributed by atoms with van der Waals surface area (Å²) in [5.41, 5.74) is 1.93. The lowest BCUT2D eigenvalue weighted by Gasteiger charge is -2.22. The zero-order valence-electron chi connectivity index (χ0n) is 14.2. The zero-order valence-corrected chi connectivity index (χ0v) is 14.2. The van der Waals surface area contributed by atoms with Crippen molar-refractivity contribution in [3.8, 4) is 12.3 Å². The van der Waals surface area contributed by atoms with Crippen LogP contribution in [0.3, 0.4) is 0 Å². The predicted molar refractivity (Wildman–Crippen MR) is 100 cm³/mol. The van der Waals surface area contributed by atoms with Gasteiger partial charge in [0.25, 0.3) is 0 Å². The van der Waals surface area contributed by atoms with E-state index in [9.17, 15) is 9.59 Å². The molecule has 0 aliphatic rings. The number of hydrogen-bond donors (Lipinski definition) is 3. The fourth-order valence-electron chi connectivity index (χ4n) is 2.27. The van der Waals surface area contributed by atoms with E-state index in [4.69, 9.17) is 6.42 Å². The standard InChI is InChI=1S/C20H21N3O2/c1-4-15-9-8-12-17(13-15)21-19(24)18(14(2)3)23-20(25)22-16-10-6-5-7-11-16/h1,5-14,18H,2-3H3,(H,21,24)(H2,22,23,25). The Morgan fingerprint density at radius 3 is 2.28 bits per heavy atom. The highest BCUT2D eigenvalue weighted by Crippen LogP contribution is 2.12. The number of urea groups is 1. The molecule has 128 valence electrons. The summed E-state index contributed by atoms with van der Waals surface area (Å²) in [6.07, 6.45) is 5.37. The van der Waals surface area contributed by atoms with Crippen LogP contribution in [0.1, 0.15) is 19.4 Å². The quantitative estimate of drug-likeness (QED) is 0.733. The van der Waals surface area contributed by atoms with Crippen LogP contribution in [0.15, 0.2) is 54.6 Å². The molecule has 0 radical (unpaired) electrons. The molecule has 3 amide bonds. The number of carbonyl (C=O) groups excluding carboxylic acids is 2. The van der Waals surface area contributed by atoms with Crippen molar-refractivity contribution in [2.24, 2.45) is 5.92 Å². The van der Waals surface area contributed by atoms with Gasteiger partial charge in [0.15, 0.2) is 0 Å². The number of anilines is 2.